The van der Waals surface area contributed by atoms with Crippen molar-refractivity contribution in [2.24, 2.45) is 0 Å². The lowest BCUT2D eigenvalue weighted by molar-refractivity contribution is -0.137. The average Bonchev–Trinajstić information content (AvgIpc) is 2.82. The summed E-state index contributed by atoms with van der Waals surface area (Å²) < 4.78 is 77.4. The molecule has 0 unspecified atom stereocenters. The quantitative estimate of drug-likeness (QED) is 0.429. The summed E-state index contributed by atoms with van der Waals surface area (Å²) >= 11 is 0. The molecule has 0 atom stereocenters. The molecule has 13 heteroatoms. The normalized spacial score (nSPS) is 15.5. The van der Waals surface area contributed by atoms with E-state index in [4.69, 9.17) is 9.47 Å². The number of rotatable bonds is 7. The number of methoxy groups -OCH3 is 1. The van der Waals surface area contributed by atoms with Crippen molar-refractivity contribution in [1.29, 1.82) is 0 Å². The van der Waals surface area contributed by atoms with Crippen LogP contribution in [0.5, 0.6) is 11.5 Å². The zero-order chi connectivity index (χ0) is 26.0. The molecule has 2 N–H and O–H groups in total. The third kappa shape index (κ3) is 5.80. The topological polar surface area (TPSA) is 108 Å². The van der Waals surface area contributed by atoms with E-state index in [-0.39, 0.29) is 47.9 Å². The van der Waals surface area contributed by atoms with E-state index in [2.05, 4.69) is 0 Å². The smallest absolute Gasteiger partial charge is 0.416 e. The molecule has 0 aliphatic carbocycles. The van der Waals surface area contributed by atoms with Crippen molar-refractivity contribution in [3.63, 3.8) is 0 Å². The fraction of sp³-hybridized carbons (Fsp3) is 0.409. The third-order valence-corrected chi connectivity index (χ3v) is 7.54. The van der Waals surface area contributed by atoms with Gasteiger partial charge in [-0.2, -0.15) is 17.5 Å². The van der Waals surface area contributed by atoms with Gasteiger partial charge in [-0.15, -0.1) is 0 Å². The number of anilines is 1. The highest BCUT2D eigenvalue weighted by Crippen LogP contribution is 2.35. The number of ether oxygens (including phenoxy) is 2. The Bertz CT molecular complexity index is 1160. The Morgan fingerprint density at radius 2 is 1.74 bits per heavy atom. The molecule has 1 aliphatic heterocycles. The number of nitrogens with one attached hydrogen (secondary N) is 1. The van der Waals surface area contributed by atoms with Gasteiger partial charge in [0.25, 0.3) is 5.91 Å². The predicted octanol–water partition coefficient (Wildman–Crippen LogP) is 3.13. The van der Waals surface area contributed by atoms with Gasteiger partial charge in [0.1, 0.15) is 28.1 Å². The molecule has 192 valence electrons. The van der Waals surface area contributed by atoms with Crippen molar-refractivity contribution in [1.82, 2.24) is 9.79 Å². The van der Waals surface area contributed by atoms with Crippen LogP contribution in [0.4, 0.5) is 18.9 Å². The van der Waals surface area contributed by atoms with Crippen LogP contribution in [0.3, 0.4) is 0 Å². The third-order valence-electron chi connectivity index (χ3n) is 5.62. The highest BCUT2D eigenvalue weighted by molar-refractivity contribution is 7.89. The van der Waals surface area contributed by atoms with Crippen molar-refractivity contribution in [2.45, 2.75) is 30.0 Å². The molecular weight excluding hydrogens is 491 g/mol. The molecule has 1 heterocycles. The van der Waals surface area contributed by atoms with Gasteiger partial charge in [0.2, 0.25) is 10.0 Å². The number of nitrogens with zero attached hydrogens (tertiary/aromatic N) is 2. The molecule has 0 spiro atoms. The standard InChI is InChI=1S/C22H26F3N3O6S/c1-27(2)15-12-18(33-3)20(21(29)26-30)19(13-15)35(31,32)28-10-8-17(9-11-28)34-16-6-4-14(5-7-16)22(23,24)25/h4-7,12-13,17,30H,8-11H2,1-3H3,(H,26,29). The molecule has 1 aliphatic rings. The Morgan fingerprint density at radius 3 is 2.23 bits per heavy atom. The Labute approximate surface area is 201 Å². The number of alkyl halides is 3. The molecule has 0 aromatic heterocycles. The number of benzene rings is 2. The van der Waals surface area contributed by atoms with Gasteiger partial charge >= 0.3 is 6.18 Å². The zero-order valence-corrected chi connectivity index (χ0v) is 20.1. The number of hydrogen-bond donors (Lipinski definition) is 2. The number of amides is 1. The molecule has 1 amide bonds. The van der Waals surface area contributed by atoms with Gasteiger partial charge in [-0.25, -0.2) is 13.9 Å². The van der Waals surface area contributed by atoms with Crippen LogP contribution in [0.2, 0.25) is 0 Å². The van der Waals surface area contributed by atoms with Gasteiger partial charge in [-0.3, -0.25) is 10.0 Å². The molecule has 0 radical (unpaired) electrons. The molecule has 1 fully saturated rings. The van der Waals surface area contributed by atoms with Gasteiger partial charge in [0.05, 0.1) is 12.7 Å². The number of halogens is 3. The van der Waals surface area contributed by atoms with Crippen LogP contribution in [0.15, 0.2) is 41.3 Å². The SMILES string of the molecule is COc1cc(N(C)C)cc(S(=O)(=O)N2CCC(Oc3ccc(C(F)(F)F)cc3)CC2)c1C(=O)NO. The lowest BCUT2D eigenvalue weighted by Gasteiger charge is -2.32. The van der Waals surface area contributed by atoms with Crippen LogP contribution in [0.1, 0.15) is 28.8 Å². The van der Waals surface area contributed by atoms with Crippen molar-refractivity contribution in [2.75, 3.05) is 39.2 Å². The van der Waals surface area contributed by atoms with E-state index in [0.29, 0.717) is 5.69 Å². The monoisotopic (exact) mass is 517 g/mol. The second-order valence-electron chi connectivity index (χ2n) is 8.10. The molecule has 35 heavy (non-hydrogen) atoms. The first-order chi connectivity index (χ1) is 16.4. The zero-order valence-electron chi connectivity index (χ0n) is 19.3. The maximum Gasteiger partial charge on any atom is 0.416 e. The van der Waals surface area contributed by atoms with Crippen LogP contribution >= 0.6 is 0 Å². The number of hydrogen-bond acceptors (Lipinski definition) is 7. The van der Waals surface area contributed by atoms with E-state index >= 15 is 0 Å². The molecule has 9 nitrogen and oxygen atoms in total. The van der Waals surface area contributed by atoms with E-state index < -0.39 is 33.8 Å². The Morgan fingerprint density at radius 1 is 1.14 bits per heavy atom. The lowest BCUT2D eigenvalue weighted by Crippen LogP contribution is -2.42. The van der Waals surface area contributed by atoms with Crippen LogP contribution in [0, 0.1) is 0 Å². The molecule has 0 bridgehead atoms. The fourth-order valence-corrected chi connectivity index (χ4v) is 5.41. The minimum Gasteiger partial charge on any atom is -0.496 e. The summed E-state index contributed by atoms with van der Waals surface area (Å²) in [7, 11) is 0.492. The van der Waals surface area contributed by atoms with E-state index in [9.17, 15) is 31.6 Å². The van der Waals surface area contributed by atoms with Gasteiger partial charge in [-0.05, 0) is 43.2 Å². The second-order valence-corrected chi connectivity index (χ2v) is 10.0. The summed E-state index contributed by atoms with van der Waals surface area (Å²) in [6.07, 6.45) is -4.28. The van der Waals surface area contributed by atoms with Crippen molar-refractivity contribution < 1.29 is 41.1 Å². The molecule has 1 saturated heterocycles. The Kier molecular flexibility index (Phi) is 7.82. The molecule has 3 rings (SSSR count). The van der Waals surface area contributed by atoms with Crippen molar-refractivity contribution in [3.8, 4) is 11.5 Å². The highest BCUT2D eigenvalue weighted by Gasteiger charge is 2.35. The minimum atomic E-state index is -4.45. The first-order valence-corrected chi connectivity index (χ1v) is 12.0. The highest BCUT2D eigenvalue weighted by atomic mass is 32.2. The first kappa shape index (κ1) is 26.6. The van der Waals surface area contributed by atoms with E-state index in [1.807, 2.05) is 0 Å². The summed E-state index contributed by atoms with van der Waals surface area (Å²) in [5.74, 6) is -0.808. The number of carbonyl (C=O) groups is 1. The van der Waals surface area contributed by atoms with Crippen molar-refractivity contribution in [3.05, 3.63) is 47.5 Å². The van der Waals surface area contributed by atoms with E-state index in [0.717, 1.165) is 12.1 Å². The van der Waals surface area contributed by atoms with Gasteiger partial charge in [-0.1, -0.05) is 0 Å². The number of sulfonamides is 1. The fourth-order valence-electron chi connectivity index (χ4n) is 3.72. The van der Waals surface area contributed by atoms with Crippen molar-refractivity contribution >= 4 is 21.6 Å². The average molecular weight is 518 g/mol. The second kappa shape index (κ2) is 10.3. The van der Waals surface area contributed by atoms with Crippen LogP contribution in [-0.4, -0.2) is 64.2 Å². The molecule has 0 saturated carbocycles. The maximum absolute atomic E-state index is 13.5. The minimum absolute atomic E-state index is 0.0261. The van der Waals surface area contributed by atoms with E-state index in [1.54, 1.807) is 19.0 Å². The van der Waals surface area contributed by atoms with E-state index in [1.165, 1.54) is 41.2 Å². The summed E-state index contributed by atoms with van der Waals surface area (Å²) in [6, 6.07) is 7.11. The largest absolute Gasteiger partial charge is 0.496 e. The lowest BCUT2D eigenvalue weighted by atomic mass is 10.1. The Hall–Kier alpha value is -3.03. The summed E-state index contributed by atoms with van der Waals surface area (Å²) in [5.41, 5.74) is 0.812. The summed E-state index contributed by atoms with van der Waals surface area (Å²) in [4.78, 5) is 13.7. The molecule has 2 aromatic carbocycles. The van der Waals surface area contributed by atoms with Crippen LogP contribution < -0.4 is 19.9 Å². The van der Waals surface area contributed by atoms with Gasteiger partial charge < -0.3 is 14.4 Å². The molecule has 2 aromatic rings. The summed E-state index contributed by atoms with van der Waals surface area (Å²) in [5, 5.41) is 9.17. The number of hydroxylamine groups is 1. The predicted molar refractivity (Wildman–Crippen MR) is 120 cm³/mol. The van der Waals surface area contributed by atoms with Crippen LogP contribution in [-0.2, 0) is 16.2 Å². The first-order valence-electron chi connectivity index (χ1n) is 10.6. The molecular formula is C22H26F3N3O6S. The summed E-state index contributed by atoms with van der Waals surface area (Å²) in [6.45, 7) is 0.116. The Balaban J connectivity index is 1.81. The maximum atomic E-state index is 13.5. The number of carbonyl (C=O) groups excluding carboxylic acids is 1. The van der Waals surface area contributed by atoms with Crippen LogP contribution in [0.25, 0.3) is 0 Å². The number of piperidine rings is 1. The van der Waals surface area contributed by atoms with Gasteiger partial charge in [0.15, 0.2) is 0 Å². The van der Waals surface area contributed by atoms with Gasteiger partial charge in [0, 0.05) is 38.9 Å².